The average Bonchev–Trinajstić information content (AvgIpc) is 3.01. The lowest BCUT2D eigenvalue weighted by Gasteiger charge is -2.16. The van der Waals surface area contributed by atoms with Crippen LogP contribution in [-0.4, -0.2) is 35.8 Å². The van der Waals surface area contributed by atoms with E-state index in [-0.39, 0.29) is 18.9 Å². The minimum atomic E-state index is -0.540. The summed E-state index contributed by atoms with van der Waals surface area (Å²) in [7, 11) is 0. The number of nitrogens with zero attached hydrogens (tertiary/aromatic N) is 1. The maximum absolute atomic E-state index is 12.3. The van der Waals surface area contributed by atoms with Crippen molar-refractivity contribution in [3.63, 3.8) is 0 Å². The standard InChI is InChI=1S/C23H26N2O4/c1-15-4-6-18(7-5-15)12-25-13-19(11-22(25)27)23(28)29-14-21(26)24-20-9-16(2)8-17(3)10-20/h4-10,19H,11-14H2,1-3H3,(H,24,26)/t19-/m0/s1. The van der Waals surface area contributed by atoms with Crippen molar-refractivity contribution in [1.82, 2.24) is 4.90 Å². The van der Waals surface area contributed by atoms with E-state index < -0.39 is 17.8 Å². The number of amides is 2. The minimum absolute atomic E-state index is 0.0767. The van der Waals surface area contributed by atoms with Crippen molar-refractivity contribution in [2.24, 2.45) is 5.92 Å². The number of carbonyl (C=O) groups is 3. The van der Waals surface area contributed by atoms with Crippen molar-refractivity contribution in [2.75, 3.05) is 18.5 Å². The molecule has 2 aromatic carbocycles. The number of nitrogens with one attached hydrogen (secondary N) is 1. The molecule has 6 nitrogen and oxygen atoms in total. The predicted octanol–water partition coefficient (Wildman–Crippen LogP) is 3.14. The summed E-state index contributed by atoms with van der Waals surface area (Å²) in [5, 5.41) is 2.73. The van der Waals surface area contributed by atoms with Gasteiger partial charge < -0.3 is 15.0 Å². The fourth-order valence-corrected chi connectivity index (χ4v) is 3.50. The molecule has 0 aliphatic carbocycles. The Balaban J connectivity index is 1.48. The van der Waals surface area contributed by atoms with Crippen LogP contribution >= 0.6 is 0 Å². The van der Waals surface area contributed by atoms with Crippen LogP contribution in [0.5, 0.6) is 0 Å². The van der Waals surface area contributed by atoms with E-state index in [2.05, 4.69) is 5.32 Å². The van der Waals surface area contributed by atoms with Gasteiger partial charge in [0.2, 0.25) is 5.91 Å². The van der Waals surface area contributed by atoms with Crippen LogP contribution in [0.1, 0.15) is 28.7 Å². The molecule has 29 heavy (non-hydrogen) atoms. The molecular formula is C23H26N2O4. The molecule has 0 spiro atoms. The Morgan fingerprint density at radius 3 is 2.34 bits per heavy atom. The number of hydrogen-bond donors (Lipinski definition) is 1. The summed E-state index contributed by atoms with van der Waals surface area (Å²) in [5.74, 6) is -1.53. The molecule has 0 radical (unpaired) electrons. The predicted molar refractivity (Wildman–Crippen MR) is 110 cm³/mol. The first-order chi connectivity index (χ1) is 13.8. The highest BCUT2D eigenvalue weighted by molar-refractivity contribution is 5.93. The molecule has 0 saturated carbocycles. The van der Waals surface area contributed by atoms with Crippen molar-refractivity contribution in [2.45, 2.75) is 33.7 Å². The van der Waals surface area contributed by atoms with Crippen LogP contribution in [-0.2, 0) is 25.7 Å². The summed E-state index contributed by atoms with van der Waals surface area (Å²) in [4.78, 5) is 38.3. The van der Waals surface area contributed by atoms with Gasteiger partial charge in [-0.15, -0.1) is 0 Å². The van der Waals surface area contributed by atoms with Crippen LogP contribution in [0.4, 0.5) is 5.69 Å². The second-order valence-corrected chi connectivity index (χ2v) is 7.69. The highest BCUT2D eigenvalue weighted by Crippen LogP contribution is 2.22. The van der Waals surface area contributed by atoms with Gasteiger partial charge in [-0.25, -0.2) is 0 Å². The van der Waals surface area contributed by atoms with Gasteiger partial charge in [0.15, 0.2) is 6.61 Å². The number of likely N-dealkylation sites (tertiary alicyclic amines) is 1. The third-order valence-electron chi connectivity index (χ3n) is 4.89. The van der Waals surface area contributed by atoms with Crippen molar-refractivity contribution < 1.29 is 19.1 Å². The number of aryl methyl sites for hydroxylation is 3. The lowest BCUT2D eigenvalue weighted by atomic mass is 10.1. The molecule has 1 heterocycles. The lowest BCUT2D eigenvalue weighted by Crippen LogP contribution is -2.28. The van der Waals surface area contributed by atoms with Crippen molar-refractivity contribution in [1.29, 1.82) is 0 Å². The second-order valence-electron chi connectivity index (χ2n) is 7.69. The van der Waals surface area contributed by atoms with E-state index in [0.29, 0.717) is 18.8 Å². The van der Waals surface area contributed by atoms with Crippen molar-refractivity contribution in [3.05, 3.63) is 64.7 Å². The monoisotopic (exact) mass is 394 g/mol. The number of esters is 1. The van der Waals surface area contributed by atoms with Gasteiger partial charge in [0.05, 0.1) is 5.92 Å². The lowest BCUT2D eigenvalue weighted by molar-refractivity contribution is -0.151. The Hall–Kier alpha value is -3.15. The molecule has 0 bridgehead atoms. The molecule has 1 saturated heterocycles. The Morgan fingerprint density at radius 2 is 1.69 bits per heavy atom. The molecule has 3 rings (SSSR count). The Morgan fingerprint density at radius 1 is 1.03 bits per heavy atom. The van der Waals surface area contributed by atoms with Crippen LogP contribution in [0, 0.1) is 26.7 Å². The number of rotatable bonds is 6. The number of anilines is 1. The number of benzene rings is 2. The topological polar surface area (TPSA) is 75.7 Å². The van der Waals surface area contributed by atoms with E-state index in [1.807, 2.05) is 63.2 Å². The van der Waals surface area contributed by atoms with E-state index in [1.54, 1.807) is 4.90 Å². The average molecular weight is 394 g/mol. The molecule has 2 amide bonds. The summed E-state index contributed by atoms with van der Waals surface area (Å²) in [6.07, 6.45) is 0.114. The number of carbonyl (C=O) groups excluding carboxylic acids is 3. The first kappa shape index (κ1) is 20.6. The molecular weight excluding hydrogens is 368 g/mol. The minimum Gasteiger partial charge on any atom is -0.455 e. The van der Waals surface area contributed by atoms with Crippen molar-refractivity contribution in [3.8, 4) is 0 Å². The first-order valence-corrected chi connectivity index (χ1v) is 9.68. The molecule has 1 aliphatic rings. The number of hydrogen-bond acceptors (Lipinski definition) is 4. The quantitative estimate of drug-likeness (QED) is 0.764. The zero-order valence-corrected chi connectivity index (χ0v) is 17.0. The van der Waals surface area contributed by atoms with E-state index in [4.69, 9.17) is 4.74 Å². The van der Waals surface area contributed by atoms with Crippen LogP contribution in [0.3, 0.4) is 0 Å². The highest BCUT2D eigenvalue weighted by atomic mass is 16.5. The van der Waals surface area contributed by atoms with E-state index in [0.717, 1.165) is 22.3 Å². The Labute approximate surface area is 170 Å². The molecule has 2 aromatic rings. The first-order valence-electron chi connectivity index (χ1n) is 9.68. The van der Waals surface area contributed by atoms with E-state index in [1.165, 1.54) is 0 Å². The molecule has 1 fully saturated rings. The summed E-state index contributed by atoms with van der Waals surface area (Å²) < 4.78 is 5.15. The second kappa shape index (κ2) is 8.90. The van der Waals surface area contributed by atoms with Crippen molar-refractivity contribution >= 4 is 23.5 Å². The molecule has 152 valence electrons. The smallest absolute Gasteiger partial charge is 0.311 e. The fraction of sp³-hybridized carbons (Fsp3) is 0.348. The van der Waals surface area contributed by atoms with Gasteiger partial charge in [-0.05, 0) is 49.6 Å². The maximum Gasteiger partial charge on any atom is 0.311 e. The zero-order chi connectivity index (χ0) is 21.0. The van der Waals surface area contributed by atoms with Gasteiger partial charge >= 0.3 is 5.97 Å². The molecule has 0 unspecified atom stereocenters. The van der Waals surface area contributed by atoms with Crippen LogP contribution in [0.15, 0.2) is 42.5 Å². The Kier molecular flexibility index (Phi) is 6.32. The third kappa shape index (κ3) is 5.67. The van der Waals surface area contributed by atoms with E-state index >= 15 is 0 Å². The van der Waals surface area contributed by atoms with E-state index in [9.17, 15) is 14.4 Å². The van der Waals surface area contributed by atoms with Gasteiger partial charge in [-0.3, -0.25) is 14.4 Å². The van der Waals surface area contributed by atoms with Gasteiger partial charge in [0, 0.05) is 25.2 Å². The molecule has 0 aromatic heterocycles. The molecule has 1 aliphatic heterocycles. The van der Waals surface area contributed by atoms with Gasteiger partial charge in [0.25, 0.3) is 5.91 Å². The molecule has 6 heteroatoms. The summed E-state index contributed by atoms with van der Waals surface area (Å²) in [6, 6.07) is 13.7. The zero-order valence-electron chi connectivity index (χ0n) is 17.0. The van der Waals surface area contributed by atoms with Crippen LogP contribution in [0.25, 0.3) is 0 Å². The number of ether oxygens (including phenoxy) is 1. The third-order valence-corrected chi connectivity index (χ3v) is 4.89. The molecule has 1 atom stereocenters. The van der Waals surface area contributed by atoms with Crippen LogP contribution in [0.2, 0.25) is 0 Å². The Bertz CT molecular complexity index is 901. The summed E-state index contributed by atoms with van der Waals surface area (Å²) >= 11 is 0. The van der Waals surface area contributed by atoms with Gasteiger partial charge in [-0.1, -0.05) is 35.9 Å². The summed E-state index contributed by atoms with van der Waals surface area (Å²) in [5.41, 5.74) is 4.92. The molecule has 1 N–H and O–H groups in total. The fourth-order valence-electron chi connectivity index (χ4n) is 3.50. The van der Waals surface area contributed by atoms with Crippen LogP contribution < -0.4 is 5.32 Å². The van der Waals surface area contributed by atoms with Gasteiger partial charge in [0.1, 0.15) is 0 Å². The summed E-state index contributed by atoms with van der Waals surface area (Å²) in [6.45, 7) is 6.31. The largest absolute Gasteiger partial charge is 0.455 e. The van der Waals surface area contributed by atoms with Gasteiger partial charge in [-0.2, -0.15) is 0 Å². The maximum atomic E-state index is 12.3. The normalized spacial score (nSPS) is 16.0. The highest BCUT2D eigenvalue weighted by Gasteiger charge is 2.35. The SMILES string of the molecule is Cc1ccc(CN2C[C@@H](C(=O)OCC(=O)Nc3cc(C)cc(C)c3)CC2=O)cc1.